The number of rotatable bonds is 6. The zero-order valence-electron chi connectivity index (χ0n) is 11.6. The fourth-order valence-electron chi connectivity index (χ4n) is 1.59. The van der Waals surface area contributed by atoms with E-state index < -0.39 is 0 Å². The minimum atomic E-state index is -0.320. The summed E-state index contributed by atoms with van der Waals surface area (Å²) in [6.45, 7) is 11.7. The monoisotopic (exact) mass is 366 g/mol. The van der Waals surface area contributed by atoms with Crippen molar-refractivity contribution in [3.05, 3.63) is 81.1 Å². The maximum absolute atomic E-state index is 3.91. The van der Waals surface area contributed by atoms with Crippen LogP contribution in [0.25, 0.3) is 11.1 Å². The van der Waals surface area contributed by atoms with E-state index in [1.54, 1.807) is 0 Å². The van der Waals surface area contributed by atoms with Gasteiger partial charge in [0.05, 0.1) is 0 Å². The van der Waals surface area contributed by atoms with Crippen LogP contribution in [0.5, 0.6) is 0 Å². The second kappa shape index (κ2) is 8.75. The van der Waals surface area contributed by atoms with Crippen molar-refractivity contribution in [1.29, 1.82) is 0 Å². The predicted octanol–water partition coefficient (Wildman–Crippen LogP) is 5.03. The predicted molar refractivity (Wildman–Crippen MR) is 89.4 cm³/mol. The first-order valence-electron chi connectivity index (χ1n) is 6.28. The van der Waals surface area contributed by atoms with E-state index in [0.717, 1.165) is 0 Å². The van der Waals surface area contributed by atoms with E-state index in [9.17, 15) is 0 Å². The zero-order chi connectivity index (χ0) is 14.1. The molecule has 1 rings (SSSR count). The van der Waals surface area contributed by atoms with Gasteiger partial charge in [0.15, 0.2) is 0 Å². The van der Waals surface area contributed by atoms with Crippen molar-refractivity contribution in [2.45, 2.75) is 13.8 Å². The summed E-state index contributed by atoms with van der Waals surface area (Å²) in [6, 6.07) is 4.48. The summed E-state index contributed by atoms with van der Waals surface area (Å²) in [7, 11) is 0. The van der Waals surface area contributed by atoms with E-state index in [-0.39, 0.29) is 20.4 Å². The van der Waals surface area contributed by atoms with Crippen molar-refractivity contribution < 1.29 is 0 Å². The Balaban J connectivity index is 3.08. The SMILES string of the molecule is C=C/C=C\C(=C/C)c1ccc(/C(C=C)=C/C=C\C)[te]1. The van der Waals surface area contributed by atoms with Gasteiger partial charge in [0.25, 0.3) is 0 Å². The van der Waals surface area contributed by atoms with Gasteiger partial charge in [0.1, 0.15) is 0 Å². The molecule has 1 heteroatoms. The standard InChI is InChI=1S/C18H20Te/c1-5-9-11-15(7-3)17-13-14-18(19-17)16(8-4)12-10-6-2/h5-14H,1,4H2,2-3H3/b10-6-,11-9-,15-7+,16-12+. The van der Waals surface area contributed by atoms with Crippen LogP contribution in [0.15, 0.2) is 73.9 Å². The molecule has 0 unspecified atom stereocenters. The molecule has 1 aromatic rings. The van der Waals surface area contributed by atoms with Crippen LogP contribution < -0.4 is 0 Å². The molecule has 98 valence electrons. The van der Waals surface area contributed by atoms with Crippen molar-refractivity contribution in [2.24, 2.45) is 0 Å². The molecular weight excluding hydrogens is 344 g/mol. The van der Waals surface area contributed by atoms with Crippen LogP contribution in [-0.2, 0) is 0 Å². The van der Waals surface area contributed by atoms with Gasteiger partial charge in [0, 0.05) is 0 Å². The van der Waals surface area contributed by atoms with Gasteiger partial charge >= 0.3 is 126 Å². The molecule has 0 aliphatic heterocycles. The van der Waals surface area contributed by atoms with Gasteiger partial charge in [-0.1, -0.05) is 0 Å². The van der Waals surface area contributed by atoms with E-state index in [2.05, 4.69) is 56.5 Å². The zero-order valence-corrected chi connectivity index (χ0v) is 13.9. The molecule has 0 atom stereocenters. The van der Waals surface area contributed by atoms with Gasteiger partial charge < -0.3 is 0 Å². The summed E-state index contributed by atoms with van der Waals surface area (Å²) < 4.78 is 2.91. The van der Waals surface area contributed by atoms with E-state index in [1.165, 1.54) is 18.3 Å². The summed E-state index contributed by atoms with van der Waals surface area (Å²) in [4.78, 5) is 0. The molecule has 0 spiro atoms. The Labute approximate surface area is 126 Å². The Hall–Kier alpha value is -1.29. The topological polar surface area (TPSA) is 0 Å². The van der Waals surface area contributed by atoms with Crippen LogP contribution in [-0.4, -0.2) is 20.4 Å². The van der Waals surface area contributed by atoms with E-state index >= 15 is 0 Å². The molecule has 19 heavy (non-hydrogen) atoms. The van der Waals surface area contributed by atoms with Crippen LogP contribution in [0.1, 0.15) is 21.0 Å². The molecule has 0 aliphatic carbocycles. The van der Waals surface area contributed by atoms with Crippen LogP contribution in [0.3, 0.4) is 0 Å². The van der Waals surface area contributed by atoms with Crippen molar-refractivity contribution in [1.82, 2.24) is 0 Å². The van der Waals surface area contributed by atoms with Crippen LogP contribution >= 0.6 is 0 Å². The first-order valence-corrected chi connectivity index (χ1v) is 8.61. The van der Waals surface area contributed by atoms with Crippen molar-refractivity contribution in [3.63, 3.8) is 0 Å². The molecule has 0 bridgehead atoms. The average molecular weight is 364 g/mol. The van der Waals surface area contributed by atoms with E-state index in [4.69, 9.17) is 0 Å². The maximum atomic E-state index is 3.91. The first kappa shape index (κ1) is 15.8. The van der Waals surface area contributed by atoms with E-state index in [1.807, 2.05) is 31.2 Å². The van der Waals surface area contributed by atoms with Gasteiger partial charge in [-0.2, -0.15) is 0 Å². The molecule has 1 aromatic heterocycles. The molecule has 0 amide bonds. The van der Waals surface area contributed by atoms with Crippen molar-refractivity contribution in [3.8, 4) is 0 Å². The molecule has 0 N–H and O–H groups in total. The van der Waals surface area contributed by atoms with Crippen LogP contribution in [0, 0.1) is 0 Å². The van der Waals surface area contributed by atoms with E-state index in [0.29, 0.717) is 0 Å². The minimum absolute atomic E-state index is 0.320. The summed E-state index contributed by atoms with van der Waals surface area (Å²) >= 11 is -0.320. The Bertz CT molecular complexity index is 548. The normalized spacial score (nSPS) is 13.4. The molecule has 0 aromatic carbocycles. The molecular formula is C18H20Te. The number of allylic oxidation sites excluding steroid dienone is 10. The molecule has 0 radical (unpaired) electrons. The van der Waals surface area contributed by atoms with Gasteiger partial charge in [-0.3, -0.25) is 0 Å². The van der Waals surface area contributed by atoms with Gasteiger partial charge in [0.2, 0.25) is 0 Å². The number of hydrogen-bond donors (Lipinski definition) is 0. The Morgan fingerprint density at radius 2 is 1.74 bits per heavy atom. The second-order valence-electron chi connectivity index (χ2n) is 3.85. The molecule has 0 nitrogen and oxygen atoms in total. The van der Waals surface area contributed by atoms with Crippen LogP contribution in [0.4, 0.5) is 0 Å². The summed E-state index contributed by atoms with van der Waals surface area (Å²) in [5.74, 6) is 0. The summed E-state index contributed by atoms with van der Waals surface area (Å²) in [6.07, 6.45) is 16.3. The Kier molecular flexibility index (Phi) is 7.26. The molecule has 0 saturated carbocycles. The Morgan fingerprint density at radius 3 is 2.26 bits per heavy atom. The van der Waals surface area contributed by atoms with Gasteiger partial charge in [-0.25, -0.2) is 0 Å². The fourth-order valence-corrected chi connectivity index (χ4v) is 4.68. The third-order valence-electron chi connectivity index (χ3n) is 2.59. The molecule has 0 aliphatic rings. The third-order valence-corrected chi connectivity index (χ3v) is 5.96. The van der Waals surface area contributed by atoms with Crippen LogP contribution in [0.2, 0.25) is 0 Å². The summed E-state index contributed by atoms with van der Waals surface area (Å²) in [5.41, 5.74) is 2.55. The quantitative estimate of drug-likeness (QED) is 0.491. The molecule has 1 heterocycles. The Morgan fingerprint density at radius 1 is 1.05 bits per heavy atom. The summed E-state index contributed by atoms with van der Waals surface area (Å²) in [5, 5.41) is 0. The van der Waals surface area contributed by atoms with Crippen molar-refractivity contribution in [2.75, 3.05) is 0 Å². The molecule has 0 fully saturated rings. The van der Waals surface area contributed by atoms with Crippen molar-refractivity contribution >= 4 is 31.6 Å². The van der Waals surface area contributed by atoms with Gasteiger partial charge in [-0.05, 0) is 0 Å². The first-order chi connectivity index (χ1) is 9.26. The molecule has 0 saturated heterocycles. The fraction of sp³-hybridized carbons (Fsp3) is 0.111. The third kappa shape index (κ3) is 4.71. The second-order valence-corrected chi connectivity index (χ2v) is 6.95. The van der Waals surface area contributed by atoms with Gasteiger partial charge in [-0.15, -0.1) is 0 Å². The average Bonchev–Trinajstić information content (AvgIpc) is 2.90. The number of hydrogen-bond acceptors (Lipinski definition) is 0.